The molecule has 0 aliphatic heterocycles. The van der Waals surface area contributed by atoms with E-state index >= 15 is 0 Å². The zero-order valence-electron chi connectivity index (χ0n) is 3.09. The first-order valence-electron chi connectivity index (χ1n) is 1.30. The molecular weight excluding hydrogens is 127 g/mol. The Bertz CT molecular complexity index is 115. The Balaban J connectivity index is 0. The van der Waals surface area contributed by atoms with Crippen LogP contribution in [0, 0.1) is 6.92 Å². The van der Waals surface area contributed by atoms with Gasteiger partial charge in [0.15, 0.2) is 0 Å². The second-order valence-electron chi connectivity index (χ2n) is 0.786. The topological polar surface area (TPSA) is 54.4 Å². The molecule has 0 atom stereocenters. The van der Waals surface area contributed by atoms with Gasteiger partial charge in [0.1, 0.15) is 0 Å². The third kappa shape index (κ3) is 10.9. The van der Waals surface area contributed by atoms with E-state index in [2.05, 4.69) is 6.92 Å². The Morgan fingerprint density at radius 2 is 1.71 bits per heavy atom. The molecule has 0 spiro atoms. The van der Waals surface area contributed by atoms with Gasteiger partial charge < -0.3 is 0 Å². The molecule has 0 rings (SSSR count). The minimum atomic E-state index is -3.77. The number of hydrogen-bond donors (Lipinski definition) is 1. The van der Waals surface area contributed by atoms with Crippen LogP contribution >= 0.6 is 0 Å². The molecule has 0 saturated heterocycles. The van der Waals surface area contributed by atoms with Crippen molar-refractivity contribution in [1.82, 2.24) is 0 Å². The monoisotopic (exact) mass is 133 g/mol. The van der Waals surface area contributed by atoms with Gasteiger partial charge in [-0.3, -0.25) is 4.55 Å². The van der Waals surface area contributed by atoms with E-state index in [9.17, 15) is 8.42 Å². The predicted molar refractivity (Wildman–Crippen MR) is 28.9 cm³/mol. The van der Waals surface area contributed by atoms with Gasteiger partial charge in [-0.15, -0.1) is 0 Å². The van der Waals surface area contributed by atoms with Crippen molar-refractivity contribution in [2.45, 2.75) is 0 Å². The van der Waals surface area contributed by atoms with Crippen LogP contribution in [0.1, 0.15) is 0 Å². The van der Waals surface area contributed by atoms with Crippen LogP contribution in [-0.4, -0.2) is 48.3 Å². The fraction of sp³-hybridized carbons (Fsp3) is 0.500. The molecule has 0 heterocycles. The first-order chi connectivity index (χ1) is 2.56. The molecule has 5 heteroatoms. The predicted octanol–water partition coefficient (Wildman–Crippen LogP) is -0.940. The van der Waals surface area contributed by atoms with Gasteiger partial charge in [-0.2, -0.15) is 8.42 Å². The second kappa shape index (κ2) is 3.86. The van der Waals surface area contributed by atoms with Crippen molar-refractivity contribution in [2.24, 2.45) is 0 Å². The van der Waals surface area contributed by atoms with Gasteiger partial charge in [0.2, 0.25) is 0 Å². The molecule has 0 fully saturated rings. The quantitative estimate of drug-likeness (QED) is 0.371. The van der Waals surface area contributed by atoms with E-state index in [0.29, 0.717) is 0 Å². The molecular formula is C2H6NaO3S. The van der Waals surface area contributed by atoms with Gasteiger partial charge in [-0.1, -0.05) is 0 Å². The van der Waals surface area contributed by atoms with Crippen LogP contribution < -0.4 is 0 Å². The molecule has 0 amide bonds. The fourth-order valence-electron chi connectivity index (χ4n) is 0. The van der Waals surface area contributed by atoms with E-state index in [1.165, 1.54) is 0 Å². The maximum atomic E-state index is 9.49. The summed E-state index contributed by atoms with van der Waals surface area (Å²) in [6, 6.07) is 0. The SMILES string of the molecule is [CH2]CS(=O)(=O)O.[NaH]. The minimum absolute atomic E-state index is 0. The van der Waals surface area contributed by atoms with Crippen LogP contribution in [0.4, 0.5) is 0 Å². The van der Waals surface area contributed by atoms with Crippen molar-refractivity contribution in [1.29, 1.82) is 0 Å². The van der Waals surface area contributed by atoms with E-state index in [1.807, 2.05) is 0 Å². The molecule has 39 valence electrons. The van der Waals surface area contributed by atoms with Crippen LogP contribution in [-0.2, 0) is 10.1 Å². The van der Waals surface area contributed by atoms with Crippen molar-refractivity contribution in [3.63, 3.8) is 0 Å². The van der Waals surface area contributed by atoms with Crippen molar-refractivity contribution in [3.05, 3.63) is 6.92 Å². The van der Waals surface area contributed by atoms with Gasteiger partial charge in [-0.05, 0) is 6.92 Å². The molecule has 0 unspecified atom stereocenters. The summed E-state index contributed by atoms with van der Waals surface area (Å²) < 4.78 is 26.7. The van der Waals surface area contributed by atoms with Crippen LogP contribution in [0.15, 0.2) is 0 Å². The third-order valence-electron chi connectivity index (χ3n) is 0.258. The van der Waals surface area contributed by atoms with E-state index in [-0.39, 0.29) is 29.6 Å². The van der Waals surface area contributed by atoms with Crippen molar-refractivity contribution >= 4 is 39.7 Å². The van der Waals surface area contributed by atoms with Gasteiger partial charge in [-0.25, -0.2) is 0 Å². The van der Waals surface area contributed by atoms with Crippen LogP contribution in [0.25, 0.3) is 0 Å². The average molecular weight is 133 g/mol. The summed E-state index contributed by atoms with van der Waals surface area (Å²) in [7, 11) is -3.77. The summed E-state index contributed by atoms with van der Waals surface area (Å²) in [4.78, 5) is 0. The standard InChI is InChI=1S/C2H5O3S.Na.H/c1-2-6(3,4)5;;/h1-2H2,(H,3,4,5);;. The molecule has 0 bridgehead atoms. The van der Waals surface area contributed by atoms with Crippen molar-refractivity contribution in [3.8, 4) is 0 Å². The zero-order chi connectivity index (χ0) is 5.21. The summed E-state index contributed by atoms with van der Waals surface area (Å²) in [5.41, 5.74) is 0. The summed E-state index contributed by atoms with van der Waals surface area (Å²) in [5, 5.41) is 0. The molecule has 0 aromatic rings. The Hall–Kier alpha value is 0.910. The van der Waals surface area contributed by atoms with Crippen LogP contribution in [0.5, 0.6) is 0 Å². The van der Waals surface area contributed by atoms with E-state index in [4.69, 9.17) is 4.55 Å². The molecule has 0 aromatic heterocycles. The Kier molecular flexibility index (Phi) is 5.96. The van der Waals surface area contributed by atoms with E-state index in [0.717, 1.165) is 0 Å². The Morgan fingerprint density at radius 3 is 1.71 bits per heavy atom. The molecule has 1 radical (unpaired) electrons. The molecule has 0 saturated carbocycles. The van der Waals surface area contributed by atoms with Gasteiger partial charge in [0, 0.05) is 0 Å². The molecule has 0 aromatic carbocycles. The summed E-state index contributed by atoms with van der Waals surface area (Å²) in [6.45, 7) is 2.92. The van der Waals surface area contributed by atoms with Gasteiger partial charge in [0.05, 0.1) is 5.75 Å². The van der Waals surface area contributed by atoms with Crippen molar-refractivity contribution < 1.29 is 13.0 Å². The summed E-state index contributed by atoms with van der Waals surface area (Å²) >= 11 is 0. The molecule has 1 N–H and O–H groups in total. The molecule has 0 aliphatic rings. The van der Waals surface area contributed by atoms with E-state index in [1.54, 1.807) is 0 Å². The first-order valence-corrected chi connectivity index (χ1v) is 2.91. The molecule has 3 nitrogen and oxygen atoms in total. The summed E-state index contributed by atoms with van der Waals surface area (Å²) in [6.07, 6.45) is 0. The fourth-order valence-corrected chi connectivity index (χ4v) is 0. The van der Waals surface area contributed by atoms with Gasteiger partial charge >= 0.3 is 29.6 Å². The van der Waals surface area contributed by atoms with Gasteiger partial charge in [0.25, 0.3) is 10.1 Å². The number of hydrogen-bond acceptors (Lipinski definition) is 2. The third-order valence-corrected chi connectivity index (χ3v) is 0.774. The maximum absolute atomic E-state index is 9.49. The van der Waals surface area contributed by atoms with Crippen LogP contribution in [0.3, 0.4) is 0 Å². The van der Waals surface area contributed by atoms with Crippen LogP contribution in [0.2, 0.25) is 0 Å². The van der Waals surface area contributed by atoms with E-state index < -0.39 is 15.9 Å². The normalized spacial score (nSPS) is 10.0. The second-order valence-corrected chi connectivity index (χ2v) is 2.36. The van der Waals surface area contributed by atoms with Crippen molar-refractivity contribution in [2.75, 3.05) is 5.75 Å². The Morgan fingerprint density at radius 1 is 1.57 bits per heavy atom. The first kappa shape index (κ1) is 10.8. The Labute approximate surface area is 65.1 Å². The zero-order valence-corrected chi connectivity index (χ0v) is 3.90. The molecule has 7 heavy (non-hydrogen) atoms. The summed E-state index contributed by atoms with van der Waals surface area (Å²) in [5.74, 6) is -0.451. The average Bonchev–Trinajstić information content (AvgIpc) is 1.35. The number of rotatable bonds is 1. The molecule has 0 aliphatic carbocycles.